The SMILES string of the molecule is O=C(Nc1nccs1)Nc1cc(C(=O)O)ccc1Cl. The monoisotopic (exact) mass is 297 g/mol. The maximum atomic E-state index is 11.7. The molecule has 6 nitrogen and oxygen atoms in total. The van der Waals surface area contributed by atoms with Gasteiger partial charge in [0.25, 0.3) is 0 Å². The molecule has 0 atom stereocenters. The second-order valence-electron chi connectivity index (χ2n) is 3.42. The van der Waals surface area contributed by atoms with Crippen LogP contribution < -0.4 is 10.6 Å². The van der Waals surface area contributed by atoms with Crippen LogP contribution in [0, 0.1) is 0 Å². The maximum Gasteiger partial charge on any atom is 0.335 e. The van der Waals surface area contributed by atoms with Crippen molar-refractivity contribution >= 4 is 45.8 Å². The van der Waals surface area contributed by atoms with E-state index in [1.165, 1.54) is 29.5 Å². The molecule has 2 rings (SSSR count). The van der Waals surface area contributed by atoms with Crippen LogP contribution in [0.5, 0.6) is 0 Å². The van der Waals surface area contributed by atoms with E-state index in [0.717, 1.165) is 0 Å². The fourth-order valence-corrected chi connectivity index (χ4v) is 1.98. The minimum atomic E-state index is -1.10. The summed E-state index contributed by atoms with van der Waals surface area (Å²) in [6, 6.07) is 3.50. The minimum Gasteiger partial charge on any atom is -0.478 e. The van der Waals surface area contributed by atoms with Crippen molar-refractivity contribution in [1.29, 1.82) is 0 Å². The average molecular weight is 298 g/mol. The molecular formula is C11H8ClN3O3S. The Morgan fingerprint density at radius 1 is 1.32 bits per heavy atom. The van der Waals surface area contributed by atoms with E-state index in [2.05, 4.69) is 15.6 Å². The number of thiazole rings is 1. The molecule has 0 fully saturated rings. The number of hydrogen-bond donors (Lipinski definition) is 3. The fourth-order valence-electron chi connectivity index (χ4n) is 1.29. The Balaban J connectivity index is 2.11. The van der Waals surface area contributed by atoms with E-state index in [1.807, 2.05) is 0 Å². The van der Waals surface area contributed by atoms with Crippen LogP contribution in [0.3, 0.4) is 0 Å². The number of hydrogen-bond acceptors (Lipinski definition) is 4. The van der Waals surface area contributed by atoms with Crippen molar-refractivity contribution in [2.75, 3.05) is 10.6 Å². The average Bonchev–Trinajstić information content (AvgIpc) is 2.84. The summed E-state index contributed by atoms with van der Waals surface area (Å²) in [7, 11) is 0. The second kappa shape index (κ2) is 5.68. The molecule has 0 unspecified atom stereocenters. The lowest BCUT2D eigenvalue weighted by Gasteiger charge is -2.08. The summed E-state index contributed by atoms with van der Waals surface area (Å²) >= 11 is 7.14. The first-order chi connectivity index (χ1) is 9.06. The Labute approximate surface area is 117 Å². The summed E-state index contributed by atoms with van der Waals surface area (Å²) in [5.74, 6) is -1.10. The van der Waals surface area contributed by atoms with E-state index in [9.17, 15) is 9.59 Å². The Kier molecular flexibility index (Phi) is 3.98. The lowest BCUT2D eigenvalue weighted by molar-refractivity contribution is 0.0697. The molecule has 0 saturated carbocycles. The number of aromatic nitrogens is 1. The highest BCUT2D eigenvalue weighted by Gasteiger charge is 2.10. The van der Waals surface area contributed by atoms with Crippen molar-refractivity contribution in [3.63, 3.8) is 0 Å². The highest BCUT2D eigenvalue weighted by molar-refractivity contribution is 7.13. The number of amides is 2. The molecule has 8 heteroatoms. The molecule has 0 bridgehead atoms. The molecule has 19 heavy (non-hydrogen) atoms. The topological polar surface area (TPSA) is 91.3 Å². The van der Waals surface area contributed by atoms with Gasteiger partial charge in [0, 0.05) is 11.6 Å². The quantitative estimate of drug-likeness (QED) is 0.811. The normalized spacial score (nSPS) is 9.95. The van der Waals surface area contributed by atoms with Crippen molar-refractivity contribution in [2.45, 2.75) is 0 Å². The van der Waals surface area contributed by atoms with Crippen molar-refractivity contribution < 1.29 is 14.7 Å². The van der Waals surface area contributed by atoms with E-state index in [0.29, 0.717) is 5.13 Å². The number of carboxylic acid groups (broad SMARTS) is 1. The summed E-state index contributed by atoms with van der Waals surface area (Å²) in [4.78, 5) is 26.4. The molecule has 1 heterocycles. The van der Waals surface area contributed by atoms with Gasteiger partial charge in [-0.25, -0.2) is 14.6 Å². The van der Waals surface area contributed by atoms with Crippen molar-refractivity contribution in [3.05, 3.63) is 40.4 Å². The van der Waals surface area contributed by atoms with Crippen molar-refractivity contribution in [1.82, 2.24) is 4.98 Å². The first kappa shape index (κ1) is 13.3. The van der Waals surface area contributed by atoms with Crippen LogP contribution in [0.2, 0.25) is 5.02 Å². The van der Waals surface area contributed by atoms with Crippen LogP contribution in [0.15, 0.2) is 29.8 Å². The van der Waals surface area contributed by atoms with Crippen LogP contribution in [-0.2, 0) is 0 Å². The van der Waals surface area contributed by atoms with Crippen molar-refractivity contribution in [2.24, 2.45) is 0 Å². The van der Waals surface area contributed by atoms with Crippen LogP contribution in [0.4, 0.5) is 15.6 Å². The molecule has 0 aliphatic rings. The maximum absolute atomic E-state index is 11.7. The van der Waals surface area contributed by atoms with Gasteiger partial charge in [-0.1, -0.05) is 11.6 Å². The molecule has 98 valence electrons. The van der Waals surface area contributed by atoms with Gasteiger partial charge in [-0.2, -0.15) is 0 Å². The third kappa shape index (κ3) is 3.43. The number of carboxylic acids is 1. The molecule has 1 aromatic heterocycles. The van der Waals surface area contributed by atoms with Crippen LogP contribution in [-0.4, -0.2) is 22.1 Å². The number of nitrogens with one attached hydrogen (secondary N) is 2. The van der Waals surface area contributed by atoms with Gasteiger partial charge in [0.1, 0.15) is 0 Å². The van der Waals surface area contributed by atoms with E-state index >= 15 is 0 Å². The number of anilines is 2. The zero-order chi connectivity index (χ0) is 13.8. The molecule has 0 aliphatic carbocycles. The van der Waals surface area contributed by atoms with Gasteiger partial charge in [0.15, 0.2) is 5.13 Å². The number of aromatic carboxylic acids is 1. The number of carbonyl (C=O) groups excluding carboxylic acids is 1. The zero-order valence-corrected chi connectivity index (χ0v) is 11.0. The molecule has 0 saturated heterocycles. The van der Waals surface area contributed by atoms with Crippen LogP contribution >= 0.6 is 22.9 Å². The highest BCUT2D eigenvalue weighted by atomic mass is 35.5. The summed E-state index contributed by atoms with van der Waals surface area (Å²) in [6.45, 7) is 0. The van der Waals surface area contributed by atoms with E-state index in [4.69, 9.17) is 16.7 Å². The molecule has 0 aliphatic heterocycles. The van der Waals surface area contributed by atoms with Crippen molar-refractivity contribution in [3.8, 4) is 0 Å². The van der Waals surface area contributed by atoms with E-state index in [-0.39, 0.29) is 16.3 Å². The van der Waals surface area contributed by atoms with Gasteiger partial charge >= 0.3 is 12.0 Å². The van der Waals surface area contributed by atoms with Crippen LogP contribution in [0.1, 0.15) is 10.4 Å². The first-order valence-electron chi connectivity index (χ1n) is 5.06. The molecule has 2 amide bonds. The Morgan fingerprint density at radius 2 is 2.11 bits per heavy atom. The Bertz CT molecular complexity index is 616. The largest absolute Gasteiger partial charge is 0.478 e. The van der Waals surface area contributed by atoms with E-state index in [1.54, 1.807) is 11.6 Å². The highest BCUT2D eigenvalue weighted by Crippen LogP contribution is 2.23. The van der Waals surface area contributed by atoms with Gasteiger partial charge < -0.3 is 10.4 Å². The summed E-state index contributed by atoms with van der Waals surface area (Å²) in [5, 5.41) is 16.2. The lowest BCUT2D eigenvalue weighted by Crippen LogP contribution is -2.19. The molecular weight excluding hydrogens is 290 g/mol. The zero-order valence-electron chi connectivity index (χ0n) is 9.38. The molecule has 0 radical (unpaired) electrons. The van der Waals surface area contributed by atoms with Gasteiger partial charge in [-0.05, 0) is 18.2 Å². The minimum absolute atomic E-state index is 0.0361. The third-order valence-electron chi connectivity index (χ3n) is 2.11. The molecule has 3 N–H and O–H groups in total. The third-order valence-corrected chi connectivity index (χ3v) is 3.13. The number of benzene rings is 1. The summed E-state index contributed by atoms with van der Waals surface area (Å²) in [6.07, 6.45) is 1.55. The van der Waals surface area contributed by atoms with Crippen LogP contribution in [0.25, 0.3) is 0 Å². The summed E-state index contributed by atoms with van der Waals surface area (Å²) < 4.78 is 0. The fraction of sp³-hybridized carbons (Fsp3) is 0. The molecule has 1 aromatic carbocycles. The summed E-state index contributed by atoms with van der Waals surface area (Å²) in [5.41, 5.74) is 0.254. The molecule has 2 aromatic rings. The van der Waals surface area contributed by atoms with Gasteiger partial charge in [0.05, 0.1) is 16.3 Å². The number of carbonyl (C=O) groups is 2. The second-order valence-corrected chi connectivity index (χ2v) is 4.72. The smallest absolute Gasteiger partial charge is 0.335 e. The molecule has 0 spiro atoms. The first-order valence-corrected chi connectivity index (χ1v) is 6.32. The predicted molar refractivity (Wildman–Crippen MR) is 73.2 cm³/mol. The van der Waals surface area contributed by atoms with E-state index < -0.39 is 12.0 Å². The number of urea groups is 1. The number of nitrogens with zero attached hydrogens (tertiary/aromatic N) is 1. The van der Waals surface area contributed by atoms with Gasteiger partial charge in [-0.3, -0.25) is 5.32 Å². The standard InChI is InChI=1S/C11H8ClN3O3S/c12-7-2-1-6(9(16)17)5-8(7)14-10(18)15-11-13-3-4-19-11/h1-5H,(H,16,17)(H2,13,14,15,18). The Morgan fingerprint density at radius 3 is 2.74 bits per heavy atom. The Hall–Kier alpha value is -2.12. The van der Waals surface area contributed by atoms with Gasteiger partial charge in [-0.15, -0.1) is 11.3 Å². The number of halogens is 1. The lowest BCUT2D eigenvalue weighted by atomic mass is 10.2. The van der Waals surface area contributed by atoms with Gasteiger partial charge in [0.2, 0.25) is 0 Å². The predicted octanol–water partition coefficient (Wildman–Crippen LogP) is 3.14. The number of rotatable bonds is 3.